The minimum atomic E-state index is 0.0566. The van der Waals surface area contributed by atoms with E-state index in [2.05, 4.69) is 0 Å². The molecule has 82 valence electrons. The molecule has 0 bridgehead atoms. The third-order valence-electron chi connectivity index (χ3n) is 2.45. The van der Waals surface area contributed by atoms with Gasteiger partial charge in [-0.2, -0.15) is 0 Å². The summed E-state index contributed by atoms with van der Waals surface area (Å²) in [4.78, 5) is 13.8. The third kappa shape index (κ3) is 2.04. The van der Waals surface area contributed by atoms with E-state index < -0.39 is 0 Å². The average molecular weight is 225 g/mol. The molecule has 0 spiro atoms. The Kier molecular flexibility index (Phi) is 3.05. The average Bonchev–Trinajstić information content (AvgIpc) is 2.86. The van der Waals surface area contributed by atoms with Gasteiger partial charge in [-0.1, -0.05) is 13.8 Å². The van der Waals surface area contributed by atoms with E-state index in [1.807, 2.05) is 30.9 Å². The second-order valence-corrected chi connectivity index (χ2v) is 5.11. The van der Waals surface area contributed by atoms with Crippen molar-refractivity contribution in [2.45, 2.75) is 19.2 Å². The zero-order chi connectivity index (χ0) is 10.8. The van der Waals surface area contributed by atoms with E-state index in [-0.39, 0.29) is 17.2 Å². The SMILES string of the molecule is CC(C)C(=O)N1CCS[C@@H]1c1ccco1. The lowest BCUT2D eigenvalue weighted by molar-refractivity contribution is -0.134. The van der Waals surface area contributed by atoms with Crippen molar-refractivity contribution in [2.75, 3.05) is 12.3 Å². The van der Waals surface area contributed by atoms with Crippen molar-refractivity contribution in [3.8, 4) is 0 Å². The first-order valence-corrected chi connectivity index (χ1v) is 6.20. The van der Waals surface area contributed by atoms with E-state index >= 15 is 0 Å². The maximum Gasteiger partial charge on any atom is 0.226 e. The molecule has 0 aromatic carbocycles. The Bertz CT molecular complexity index is 334. The van der Waals surface area contributed by atoms with Crippen LogP contribution in [0.15, 0.2) is 22.8 Å². The maximum absolute atomic E-state index is 11.9. The molecule has 1 aliphatic heterocycles. The molecule has 2 heterocycles. The molecule has 1 amide bonds. The van der Waals surface area contributed by atoms with Crippen LogP contribution in [0.2, 0.25) is 0 Å². The summed E-state index contributed by atoms with van der Waals surface area (Å²) in [6.07, 6.45) is 1.66. The van der Waals surface area contributed by atoms with Crippen LogP contribution in [0.3, 0.4) is 0 Å². The fourth-order valence-corrected chi connectivity index (χ4v) is 2.91. The van der Waals surface area contributed by atoms with Gasteiger partial charge in [0, 0.05) is 18.2 Å². The highest BCUT2D eigenvalue weighted by Gasteiger charge is 2.33. The third-order valence-corrected chi connectivity index (χ3v) is 3.68. The van der Waals surface area contributed by atoms with Crippen LogP contribution in [-0.2, 0) is 4.79 Å². The summed E-state index contributed by atoms with van der Waals surface area (Å²) in [6, 6.07) is 3.80. The molecule has 1 aromatic rings. The normalized spacial score (nSPS) is 21.3. The van der Waals surface area contributed by atoms with Crippen LogP contribution >= 0.6 is 11.8 Å². The van der Waals surface area contributed by atoms with Gasteiger partial charge < -0.3 is 9.32 Å². The molecule has 1 aliphatic rings. The number of carbonyl (C=O) groups is 1. The second-order valence-electron chi connectivity index (χ2n) is 3.92. The van der Waals surface area contributed by atoms with Gasteiger partial charge in [0.2, 0.25) is 5.91 Å². The predicted octanol–water partition coefficient (Wildman–Crippen LogP) is 2.51. The van der Waals surface area contributed by atoms with E-state index in [0.717, 1.165) is 18.1 Å². The number of nitrogens with zero attached hydrogens (tertiary/aromatic N) is 1. The molecule has 1 atom stereocenters. The van der Waals surface area contributed by atoms with Crippen LogP contribution in [0.1, 0.15) is 25.0 Å². The van der Waals surface area contributed by atoms with E-state index in [9.17, 15) is 4.79 Å². The highest BCUT2D eigenvalue weighted by atomic mass is 32.2. The summed E-state index contributed by atoms with van der Waals surface area (Å²) in [5.41, 5.74) is 0. The molecule has 0 radical (unpaired) electrons. The van der Waals surface area contributed by atoms with Gasteiger partial charge in [0.25, 0.3) is 0 Å². The van der Waals surface area contributed by atoms with Crippen molar-refractivity contribution in [1.29, 1.82) is 0 Å². The molecule has 15 heavy (non-hydrogen) atoms. The number of carbonyl (C=O) groups excluding carboxylic acids is 1. The molecule has 1 saturated heterocycles. The maximum atomic E-state index is 11.9. The Balaban J connectivity index is 2.15. The standard InChI is InChI=1S/C11H15NO2S/c1-8(2)10(13)12-5-7-15-11(12)9-4-3-6-14-9/h3-4,6,8,11H,5,7H2,1-2H3/t11-/m1/s1. The van der Waals surface area contributed by atoms with E-state index in [1.165, 1.54) is 0 Å². The monoisotopic (exact) mass is 225 g/mol. The molecule has 1 fully saturated rings. The zero-order valence-corrected chi connectivity index (χ0v) is 9.79. The van der Waals surface area contributed by atoms with Gasteiger partial charge in [0.05, 0.1) is 6.26 Å². The fourth-order valence-electron chi connectivity index (χ4n) is 1.69. The Labute approximate surface area is 93.8 Å². The number of rotatable bonds is 2. The summed E-state index contributed by atoms with van der Waals surface area (Å²) in [6.45, 7) is 4.70. The molecule has 0 aliphatic carbocycles. The Morgan fingerprint density at radius 3 is 3.07 bits per heavy atom. The largest absolute Gasteiger partial charge is 0.466 e. The lowest BCUT2D eigenvalue weighted by atomic mass is 10.2. The van der Waals surface area contributed by atoms with Gasteiger partial charge in [-0.05, 0) is 12.1 Å². The van der Waals surface area contributed by atoms with Crippen molar-refractivity contribution < 1.29 is 9.21 Å². The molecule has 0 saturated carbocycles. The first-order chi connectivity index (χ1) is 7.20. The number of hydrogen-bond donors (Lipinski definition) is 0. The van der Waals surface area contributed by atoms with Crippen molar-refractivity contribution in [3.05, 3.63) is 24.2 Å². The summed E-state index contributed by atoms with van der Waals surface area (Å²) in [7, 11) is 0. The van der Waals surface area contributed by atoms with E-state index in [1.54, 1.807) is 18.0 Å². The van der Waals surface area contributed by atoms with Crippen LogP contribution < -0.4 is 0 Å². The van der Waals surface area contributed by atoms with Crippen molar-refractivity contribution >= 4 is 17.7 Å². The fraction of sp³-hybridized carbons (Fsp3) is 0.545. The summed E-state index contributed by atoms with van der Waals surface area (Å²) < 4.78 is 5.36. The van der Waals surface area contributed by atoms with Crippen molar-refractivity contribution in [2.24, 2.45) is 5.92 Å². The Morgan fingerprint density at radius 1 is 1.67 bits per heavy atom. The number of furan rings is 1. The van der Waals surface area contributed by atoms with Crippen LogP contribution in [-0.4, -0.2) is 23.1 Å². The highest BCUT2D eigenvalue weighted by Crippen LogP contribution is 2.38. The lowest BCUT2D eigenvalue weighted by Crippen LogP contribution is -2.33. The van der Waals surface area contributed by atoms with E-state index in [0.29, 0.717) is 0 Å². The van der Waals surface area contributed by atoms with Crippen LogP contribution in [0.4, 0.5) is 0 Å². The Hall–Kier alpha value is -0.900. The number of amides is 1. The van der Waals surface area contributed by atoms with Crippen LogP contribution in [0.5, 0.6) is 0 Å². The summed E-state index contributed by atoms with van der Waals surface area (Å²) in [5.74, 6) is 2.14. The van der Waals surface area contributed by atoms with Gasteiger partial charge in [-0.25, -0.2) is 0 Å². The van der Waals surface area contributed by atoms with Gasteiger partial charge >= 0.3 is 0 Å². The molecule has 4 heteroatoms. The molecule has 3 nitrogen and oxygen atoms in total. The topological polar surface area (TPSA) is 33.5 Å². The molecular weight excluding hydrogens is 210 g/mol. The lowest BCUT2D eigenvalue weighted by Gasteiger charge is -2.23. The van der Waals surface area contributed by atoms with Gasteiger partial charge in [0.1, 0.15) is 11.1 Å². The summed E-state index contributed by atoms with van der Waals surface area (Å²) >= 11 is 1.77. The van der Waals surface area contributed by atoms with E-state index in [4.69, 9.17) is 4.42 Å². The van der Waals surface area contributed by atoms with Crippen molar-refractivity contribution in [3.63, 3.8) is 0 Å². The highest BCUT2D eigenvalue weighted by molar-refractivity contribution is 7.99. The first kappa shape index (κ1) is 10.6. The van der Waals surface area contributed by atoms with Crippen LogP contribution in [0, 0.1) is 5.92 Å². The second kappa shape index (κ2) is 4.31. The van der Waals surface area contributed by atoms with Gasteiger partial charge in [0.15, 0.2) is 0 Å². The van der Waals surface area contributed by atoms with Gasteiger partial charge in [-0.15, -0.1) is 11.8 Å². The molecule has 0 N–H and O–H groups in total. The molecular formula is C11H15NO2S. The Morgan fingerprint density at radius 2 is 2.47 bits per heavy atom. The molecule has 2 rings (SSSR count). The smallest absolute Gasteiger partial charge is 0.226 e. The van der Waals surface area contributed by atoms with Crippen molar-refractivity contribution in [1.82, 2.24) is 4.90 Å². The zero-order valence-electron chi connectivity index (χ0n) is 8.97. The quantitative estimate of drug-likeness (QED) is 0.775. The minimum absolute atomic E-state index is 0.0566. The summed E-state index contributed by atoms with van der Waals surface area (Å²) in [5, 5.41) is 0.0786. The van der Waals surface area contributed by atoms with Gasteiger partial charge in [-0.3, -0.25) is 4.79 Å². The van der Waals surface area contributed by atoms with Crippen LogP contribution in [0.25, 0.3) is 0 Å². The number of thioether (sulfide) groups is 1. The minimum Gasteiger partial charge on any atom is -0.466 e. The first-order valence-electron chi connectivity index (χ1n) is 5.15. The predicted molar refractivity (Wildman–Crippen MR) is 60.5 cm³/mol. The number of hydrogen-bond acceptors (Lipinski definition) is 3. The molecule has 1 aromatic heterocycles. The molecule has 0 unspecified atom stereocenters.